The summed E-state index contributed by atoms with van der Waals surface area (Å²) in [6, 6.07) is 8.28. The minimum Gasteiger partial charge on any atom is -0.492 e. The Bertz CT molecular complexity index is 1100. The molecule has 1 fully saturated rings. The highest BCUT2D eigenvalue weighted by Crippen LogP contribution is 2.30. The van der Waals surface area contributed by atoms with Crippen LogP contribution in [0.15, 0.2) is 24.3 Å². The van der Waals surface area contributed by atoms with E-state index in [2.05, 4.69) is 17.1 Å². The van der Waals surface area contributed by atoms with Crippen molar-refractivity contribution >= 4 is 11.8 Å². The summed E-state index contributed by atoms with van der Waals surface area (Å²) in [4.78, 5) is 31.1. The van der Waals surface area contributed by atoms with Crippen molar-refractivity contribution in [3.63, 3.8) is 0 Å². The van der Waals surface area contributed by atoms with Crippen LogP contribution in [0.3, 0.4) is 0 Å². The number of likely N-dealkylation sites (tertiary alicyclic amines) is 1. The van der Waals surface area contributed by atoms with Gasteiger partial charge in [0, 0.05) is 50.5 Å². The Balaban J connectivity index is 1.31. The van der Waals surface area contributed by atoms with Crippen molar-refractivity contribution in [3.05, 3.63) is 46.8 Å². The SMILES string of the molecule is CCN1CCCC1CNC(=O)c1nn(CCOC)c2c1CN(C(=O)C1COc3ccccc3C1)CC2. The van der Waals surface area contributed by atoms with Crippen LogP contribution < -0.4 is 10.1 Å². The number of aromatic nitrogens is 2. The Morgan fingerprint density at radius 3 is 2.94 bits per heavy atom. The first-order valence-electron chi connectivity index (χ1n) is 13.2. The number of para-hydroxylation sites is 1. The van der Waals surface area contributed by atoms with Crippen molar-refractivity contribution in [1.82, 2.24) is 24.9 Å². The number of carbonyl (C=O) groups is 2. The fraction of sp³-hybridized carbons (Fsp3) is 0.593. The van der Waals surface area contributed by atoms with Crippen molar-refractivity contribution in [2.75, 3.05) is 46.5 Å². The van der Waals surface area contributed by atoms with Gasteiger partial charge in [0.05, 0.1) is 19.1 Å². The molecule has 3 aliphatic rings. The van der Waals surface area contributed by atoms with E-state index in [1.54, 1.807) is 7.11 Å². The molecule has 3 aliphatic heterocycles. The lowest BCUT2D eigenvalue weighted by molar-refractivity contribution is -0.137. The number of hydrogen-bond acceptors (Lipinski definition) is 6. The molecule has 0 spiro atoms. The molecule has 9 heteroatoms. The number of rotatable bonds is 8. The first kappa shape index (κ1) is 24.8. The number of ether oxygens (including phenoxy) is 2. The Morgan fingerprint density at radius 2 is 2.11 bits per heavy atom. The molecule has 0 bridgehead atoms. The average molecular weight is 496 g/mol. The summed E-state index contributed by atoms with van der Waals surface area (Å²) in [7, 11) is 1.66. The van der Waals surface area contributed by atoms with E-state index in [9.17, 15) is 9.59 Å². The Labute approximate surface area is 212 Å². The molecule has 0 radical (unpaired) electrons. The number of carbonyl (C=O) groups excluding carboxylic acids is 2. The predicted molar refractivity (Wildman–Crippen MR) is 135 cm³/mol. The number of nitrogens with one attached hydrogen (secondary N) is 1. The number of amides is 2. The normalized spacial score (nSPS) is 21.6. The van der Waals surface area contributed by atoms with E-state index in [1.807, 2.05) is 33.8 Å². The monoisotopic (exact) mass is 495 g/mol. The summed E-state index contributed by atoms with van der Waals surface area (Å²) in [6.45, 7) is 7.35. The molecule has 0 saturated carbocycles. The summed E-state index contributed by atoms with van der Waals surface area (Å²) in [5, 5.41) is 7.83. The third kappa shape index (κ3) is 4.99. The predicted octanol–water partition coefficient (Wildman–Crippen LogP) is 1.88. The molecule has 36 heavy (non-hydrogen) atoms. The van der Waals surface area contributed by atoms with Crippen LogP contribution in [0.1, 0.15) is 47.1 Å². The fourth-order valence-electron chi connectivity index (χ4n) is 5.81. The topological polar surface area (TPSA) is 88.9 Å². The highest BCUT2D eigenvalue weighted by atomic mass is 16.5. The van der Waals surface area contributed by atoms with E-state index in [0.717, 1.165) is 42.1 Å². The van der Waals surface area contributed by atoms with E-state index >= 15 is 0 Å². The molecule has 1 aromatic carbocycles. The van der Waals surface area contributed by atoms with E-state index < -0.39 is 0 Å². The van der Waals surface area contributed by atoms with Gasteiger partial charge >= 0.3 is 0 Å². The van der Waals surface area contributed by atoms with Gasteiger partial charge < -0.3 is 19.7 Å². The maximum Gasteiger partial charge on any atom is 0.272 e. The van der Waals surface area contributed by atoms with Gasteiger partial charge in [-0.2, -0.15) is 5.10 Å². The number of benzene rings is 1. The fourth-order valence-corrected chi connectivity index (χ4v) is 5.81. The van der Waals surface area contributed by atoms with E-state index in [-0.39, 0.29) is 17.7 Å². The van der Waals surface area contributed by atoms with Crippen LogP contribution in [0.5, 0.6) is 5.75 Å². The molecule has 4 heterocycles. The minimum absolute atomic E-state index is 0.0793. The molecule has 1 aromatic heterocycles. The zero-order valence-electron chi connectivity index (χ0n) is 21.4. The summed E-state index contributed by atoms with van der Waals surface area (Å²) in [5.74, 6) is 0.569. The van der Waals surface area contributed by atoms with Gasteiger partial charge in [0.2, 0.25) is 5.91 Å². The second kappa shape index (κ2) is 11.0. The smallest absolute Gasteiger partial charge is 0.272 e. The molecule has 0 aliphatic carbocycles. The van der Waals surface area contributed by atoms with Gasteiger partial charge in [-0.25, -0.2) is 0 Å². The van der Waals surface area contributed by atoms with Crippen LogP contribution in [0, 0.1) is 5.92 Å². The summed E-state index contributed by atoms with van der Waals surface area (Å²) < 4.78 is 13.0. The van der Waals surface area contributed by atoms with Crippen LogP contribution >= 0.6 is 0 Å². The molecule has 2 aromatic rings. The Morgan fingerprint density at radius 1 is 1.25 bits per heavy atom. The van der Waals surface area contributed by atoms with E-state index in [1.165, 1.54) is 6.42 Å². The van der Waals surface area contributed by atoms with Crippen LogP contribution in [0.4, 0.5) is 0 Å². The number of fused-ring (bicyclic) bond motifs is 2. The van der Waals surface area contributed by atoms with Crippen LogP contribution in [0.2, 0.25) is 0 Å². The molecule has 2 atom stereocenters. The first-order valence-corrected chi connectivity index (χ1v) is 13.2. The van der Waals surface area contributed by atoms with Gasteiger partial charge in [-0.1, -0.05) is 25.1 Å². The Kier molecular flexibility index (Phi) is 7.57. The molecular formula is C27H37N5O4. The molecule has 2 unspecified atom stereocenters. The maximum absolute atomic E-state index is 13.5. The Hall–Kier alpha value is -2.91. The molecule has 194 valence electrons. The molecular weight excluding hydrogens is 458 g/mol. The molecule has 9 nitrogen and oxygen atoms in total. The van der Waals surface area contributed by atoms with Crippen molar-refractivity contribution in [2.45, 2.75) is 51.7 Å². The lowest BCUT2D eigenvalue weighted by Crippen LogP contribution is -2.44. The van der Waals surface area contributed by atoms with E-state index in [4.69, 9.17) is 14.6 Å². The standard InChI is InChI=1S/C27H37N5O4/c1-3-30-11-6-8-21(30)16-28-26(33)25-22-17-31(12-10-23(22)32(29-25)13-14-35-2)27(34)20-15-19-7-4-5-9-24(19)36-18-20/h4-5,7,9,20-21H,3,6,8,10-18H2,1-2H3,(H,28,33). The first-order chi connectivity index (χ1) is 17.6. The third-order valence-electron chi connectivity index (χ3n) is 7.80. The van der Waals surface area contributed by atoms with Gasteiger partial charge in [0.25, 0.3) is 5.91 Å². The number of methoxy groups -OCH3 is 1. The molecule has 1 N–H and O–H groups in total. The summed E-state index contributed by atoms with van der Waals surface area (Å²) >= 11 is 0. The van der Waals surface area contributed by atoms with Crippen molar-refractivity contribution in [2.24, 2.45) is 5.92 Å². The van der Waals surface area contributed by atoms with Gasteiger partial charge in [-0.15, -0.1) is 0 Å². The average Bonchev–Trinajstić information content (AvgIpc) is 3.53. The summed E-state index contributed by atoms with van der Waals surface area (Å²) in [5.41, 5.74) is 3.40. The minimum atomic E-state index is -0.218. The van der Waals surface area contributed by atoms with Gasteiger partial charge in [0.15, 0.2) is 5.69 Å². The van der Waals surface area contributed by atoms with Gasteiger partial charge in [-0.3, -0.25) is 19.2 Å². The van der Waals surface area contributed by atoms with Crippen molar-refractivity contribution in [3.8, 4) is 5.75 Å². The third-order valence-corrected chi connectivity index (χ3v) is 7.80. The summed E-state index contributed by atoms with van der Waals surface area (Å²) in [6.07, 6.45) is 3.61. The zero-order valence-corrected chi connectivity index (χ0v) is 21.4. The van der Waals surface area contributed by atoms with Crippen molar-refractivity contribution < 1.29 is 19.1 Å². The molecule has 1 saturated heterocycles. The second-order valence-corrected chi connectivity index (χ2v) is 9.95. The highest BCUT2D eigenvalue weighted by molar-refractivity contribution is 5.94. The van der Waals surface area contributed by atoms with Crippen LogP contribution in [-0.4, -0.2) is 83.9 Å². The highest BCUT2D eigenvalue weighted by Gasteiger charge is 2.35. The van der Waals surface area contributed by atoms with Gasteiger partial charge in [-0.05, 0) is 44.0 Å². The number of hydrogen-bond donors (Lipinski definition) is 1. The lowest BCUT2D eigenvalue weighted by atomic mass is 9.94. The second-order valence-electron chi connectivity index (χ2n) is 9.95. The zero-order chi connectivity index (χ0) is 25.1. The van der Waals surface area contributed by atoms with Crippen LogP contribution in [0.25, 0.3) is 0 Å². The lowest BCUT2D eigenvalue weighted by Gasteiger charge is -2.33. The van der Waals surface area contributed by atoms with Gasteiger partial charge in [0.1, 0.15) is 12.4 Å². The maximum atomic E-state index is 13.5. The number of likely N-dealkylation sites (N-methyl/N-ethyl adjacent to an activating group) is 1. The molecule has 2 amide bonds. The largest absolute Gasteiger partial charge is 0.492 e. The van der Waals surface area contributed by atoms with Crippen molar-refractivity contribution in [1.29, 1.82) is 0 Å². The quantitative estimate of drug-likeness (QED) is 0.602. The van der Waals surface area contributed by atoms with E-state index in [0.29, 0.717) is 64.0 Å². The number of nitrogens with zero attached hydrogens (tertiary/aromatic N) is 4. The molecule has 5 rings (SSSR count). The van der Waals surface area contributed by atoms with Crippen LogP contribution in [-0.2, 0) is 35.5 Å².